The Morgan fingerprint density at radius 3 is 2.43 bits per heavy atom. The fourth-order valence-corrected chi connectivity index (χ4v) is 4.59. The summed E-state index contributed by atoms with van der Waals surface area (Å²) in [6.07, 6.45) is 0. The molecule has 1 atom stereocenters. The topological polar surface area (TPSA) is 83.5 Å². The standard InChI is InChI=1S/C13H12ClNO4S2/c1-8-7-10(20-12(8)14)21(18,19)15-11(13(16)17)9-5-3-2-4-6-9/h2-7,11,15H,1H3,(H,16,17)/t11-/m0/s1. The fraction of sp³-hybridized carbons (Fsp3) is 0.154. The van der Waals surface area contributed by atoms with Gasteiger partial charge in [-0.1, -0.05) is 41.9 Å². The molecule has 0 spiro atoms. The van der Waals surface area contributed by atoms with Crippen LogP contribution in [0.2, 0.25) is 4.34 Å². The number of carboxylic acid groups (broad SMARTS) is 1. The van der Waals surface area contributed by atoms with E-state index in [-0.39, 0.29) is 4.21 Å². The summed E-state index contributed by atoms with van der Waals surface area (Å²) in [5.74, 6) is -1.27. The van der Waals surface area contributed by atoms with E-state index < -0.39 is 22.0 Å². The minimum atomic E-state index is -3.95. The Hall–Kier alpha value is -1.41. The Morgan fingerprint density at radius 2 is 1.95 bits per heavy atom. The number of aliphatic carboxylic acids is 1. The molecule has 0 saturated carbocycles. The first kappa shape index (κ1) is 16.0. The molecule has 8 heteroatoms. The van der Waals surface area contributed by atoms with Gasteiger partial charge in [-0.2, -0.15) is 4.72 Å². The lowest BCUT2D eigenvalue weighted by Crippen LogP contribution is -2.33. The minimum absolute atomic E-state index is 0.00724. The summed E-state index contributed by atoms with van der Waals surface area (Å²) >= 11 is 6.75. The average Bonchev–Trinajstić information content (AvgIpc) is 2.78. The molecule has 1 aromatic heterocycles. The third-order valence-electron chi connectivity index (χ3n) is 2.75. The number of aryl methyl sites for hydroxylation is 1. The summed E-state index contributed by atoms with van der Waals surface area (Å²) in [6.45, 7) is 1.68. The summed E-state index contributed by atoms with van der Waals surface area (Å²) in [7, 11) is -3.95. The van der Waals surface area contributed by atoms with Crippen LogP contribution in [0.25, 0.3) is 0 Å². The largest absolute Gasteiger partial charge is 0.480 e. The van der Waals surface area contributed by atoms with Crippen molar-refractivity contribution in [3.05, 3.63) is 51.9 Å². The van der Waals surface area contributed by atoms with Gasteiger partial charge in [0.15, 0.2) is 0 Å². The molecule has 0 amide bonds. The predicted octanol–water partition coefficient (Wildman–Crippen LogP) is 2.81. The molecule has 0 aliphatic carbocycles. The number of sulfonamides is 1. The first-order valence-corrected chi connectivity index (χ1v) is 8.55. The molecule has 5 nitrogen and oxygen atoms in total. The summed E-state index contributed by atoms with van der Waals surface area (Å²) in [4.78, 5) is 11.3. The number of benzene rings is 1. The first-order chi connectivity index (χ1) is 9.81. The van der Waals surface area contributed by atoms with Crippen molar-refractivity contribution in [1.82, 2.24) is 4.72 Å². The van der Waals surface area contributed by atoms with Gasteiger partial charge in [0.25, 0.3) is 10.0 Å². The van der Waals surface area contributed by atoms with Crippen LogP contribution >= 0.6 is 22.9 Å². The molecule has 1 heterocycles. The maximum atomic E-state index is 12.3. The smallest absolute Gasteiger partial charge is 0.326 e. The van der Waals surface area contributed by atoms with Gasteiger partial charge in [0.2, 0.25) is 0 Å². The number of halogens is 1. The van der Waals surface area contributed by atoms with Gasteiger partial charge >= 0.3 is 5.97 Å². The van der Waals surface area contributed by atoms with Crippen molar-refractivity contribution in [2.45, 2.75) is 17.2 Å². The van der Waals surface area contributed by atoms with Gasteiger partial charge in [-0.05, 0) is 24.1 Å². The van der Waals surface area contributed by atoms with Crippen molar-refractivity contribution in [2.75, 3.05) is 0 Å². The highest BCUT2D eigenvalue weighted by Gasteiger charge is 2.28. The molecule has 0 bridgehead atoms. The quantitative estimate of drug-likeness (QED) is 0.872. The molecule has 0 fully saturated rings. The normalized spacial score (nSPS) is 13.0. The van der Waals surface area contributed by atoms with Crippen LogP contribution in [-0.4, -0.2) is 19.5 Å². The van der Waals surface area contributed by atoms with Gasteiger partial charge in [-0.25, -0.2) is 8.42 Å². The van der Waals surface area contributed by atoms with Gasteiger partial charge in [0, 0.05) is 0 Å². The Labute approximate surface area is 131 Å². The zero-order valence-corrected chi connectivity index (χ0v) is 13.3. The van der Waals surface area contributed by atoms with E-state index in [1.54, 1.807) is 37.3 Å². The number of hydrogen-bond acceptors (Lipinski definition) is 4. The van der Waals surface area contributed by atoms with Crippen LogP contribution in [0.3, 0.4) is 0 Å². The molecule has 0 aliphatic rings. The lowest BCUT2D eigenvalue weighted by Gasteiger charge is -2.14. The molecular weight excluding hydrogens is 334 g/mol. The lowest BCUT2D eigenvalue weighted by atomic mass is 10.1. The fourth-order valence-electron chi connectivity index (χ4n) is 1.68. The second-order valence-corrected chi connectivity index (χ2v) is 7.92. The van der Waals surface area contributed by atoms with Crippen molar-refractivity contribution < 1.29 is 18.3 Å². The minimum Gasteiger partial charge on any atom is -0.480 e. The van der Waals surface area contributed by atoms with E-state index >= 15 is 0 Å². The van der Waals surface area contributed by atoms with E-state index in [0.717, 1.165) is 11.3 Å². The second kappa shape index (κ2) is 6.15. The number of hydrogen-bond donors (Lipinski definition) is 2. The maximum Gasteiger partial charge on any atom is 0.326 e. The third-order valence-corrected chi connectivity index (χ3v) is 6.20. The van der Waals surface area contributed by atoms with Crippen molar-refractivity contribution in [3.63, 3.8) is 0 Å². The number of thiophene rings is 1. The van der Waals surface area contributed by atoms with E-state index in [1.165, 1.54) is 6.07 Å². The van der Waals surface area contributed by atoms with Crippen LogP contribution in [0.5, 0.6) is 0 Å². The number of carbonyl (C=O) groups is 1. The van der Waals surface area contributed by atoms with Crippen molar-refractivity contribution in [2.24, 2.45) is 0 Å². The molecular formula is C13H12ClNO4S2. The van der Waals surface area contributed by atoms with E-state index in [1.807, 2.05) is 0 Å². The molecule has 112 valence electrons. The van der Waals surface area contributed by atoms with E-state index in [2.05, 4.69) is 4.72 Å². The molecule has 0 saturated heterocycles. The lowest BCUT2D eigenvalue weighted by molar-refractivity contribution is -0.139. The Morgan fingerprint density at radius 1 is 1.33 bits per heavy atom. The number of carboxylic acids is 1. The van der Waals surface area contributed by atoms with Crippen molar-refractivity contribution in [1.29, 1.82) is 0 Å². The monoisotopic (exact) mass is 345 g/mol. The van der Waals surface area contributed by atoms with E-state index in [9.17, 15) is 18.3 Å². The molecule has 2 N–H and O–H groups in total. The van der Waals surface area contributed by atoms with Gasteiger partial charge in [0.05, 0.1) is 4.34 Å². The molecule has 1 aromatic carbocycles. The summed E-state index contributed by atoms with van der Waals surface area (Å²) in [5, 5.41) is 9.25. The number of nitrogens with one attached hydrogen (secondary N) is 1. The Bertz CT molecular complexity index is 736. The van der Waals surface area contributed by atoms with Crippen molar-refractivity contribution >= 4 is 38.9 Å². The van der Waals surface area contributed by atoms with Crippen LogP contribution in [0.15, 0.2) is 40.6 Å². The highest BCUT2D eigenvalue weighted by molar-refractivity contribution is 7.91. The SMILES string of the molecule is Cc1cc(S(=O)(=O)N[C@H](C(=O)O)c2ccccc2)sc1Cl. The van der Waals surface area contributed by atoms with Gasteiger partial charge in [-0.3, -0.25) is 4.79 Å². The predicted molar refractivity (Wildman–Crippen MR) is 81.2 cm³/mol. The summed E-state index contributed by atoms with van der Waals surface area (Å²) in [5.41, 5.74) is 0.988. The van der Waals surface area contributed by atoms with Gasteiger partial charge in [0.1, 0.15) is 10.3 Å². The van der Waals surface area contributed by atoms with Crippen LogP contribution in [0.1, 0.15) is 17.2 Å². The molecule has 2 rings (SSSR count). The van der Waals surface area contributed by atoms with Gasteiger partial charge < -0.3 is 5.11 Å². The zero-order valence-electron chi connectivity index (χ0n) is 10.9. The third kappa shape index (κ3) is 3.62. The first-order valence-electron chi connectivity index (χ1n) is 5.87. The zero-order chi connectivity index (χ0) is 15.6. The highest BCUT2D eigenvalue weighted by atomic mass is 35.5. The highest BCUT2D eigenvalue weighted by Crippen LogP contribution is 2.30. The van der Waals surface area contributed by atoms with Crippen LogP contribution in [0.4, 0.5) is 0 Å². The molecule has 2 aromatic rings. The van der Waals surface area contributed by atoms with Crippen LogP contribution in [-0.2, 0) is 14.8 Å². The molecule has 0 aliphatic heterocycles. The van der Waals surface area contributed by atoms with Gasteiger partial charge in [-0.15, -0.1) is 11.3 Å². The summed E-state index contributed by atoms with van der Waals surface area (Å²) < 4.78 is 27.1. The van der Waals surface area contributed by atoms with Crippen LogP contribution in [0, 0.1) is 6.92 Å². The Kier molecular flexibility index (Phi) is 4.67. The number of rotatable bonds is 5. The Balaban J connectivity index is 2.35. The molecule has 0 unspecified atom stereocenters. The van der Waals surface area contributed by atoms with E-state index in [4.69, 9.17) is 11.6 Å². The van der Waals surface area contributed by atoms with Crippen molar-refractivity contribution in [3.8, 4) is 0 Å². The van der Waals surface area contributed by atoms with Crippen LogP contribution < -0.4 is 4.72 Å². The van der Waals surface area contributed by atoms with E-state index in [0.29, 0.717) is 15.5 Å². The molecule has 0 radical (unpaired) electrons. The molecule has 21 heavy (non-hydrogen) atoms. The average molecular weight is 346 g/mol. The second-order valence-electron chi connectivity index (χ2n) is 4.33. The maximum absolute atomic E-state index is 12.3. The summed E-state index contributed by atoms with van der Waals surface area (Å²) in [6, 6.07) is 8.18.